The standard InChI is InChI=1S/C23H23N3O4S/c27-21-20(31-23(29)25-21)14-16-6-8-18(9-7-16)30-19-10-12-26(13-11-19)22(28)24-15-17-4-2-1-3-5-17/h1-9,14,19H,10-13,15H2,(H,24,28)(H,25,27,29)/b20-14+. The second kappa shape index (κ2) is 9.70. The van der Waals surface area contributed by atoms with E-state index in [-0.39, 0.29) is 23.3 Å². The van der Waals surface area contributed by atoms with Crippen LogP contribution in [0.25, 0.3) is 6.08 Å². The zero-order valence-electron chi connectivity index (χ0n) is 16.9. The molecule has 2 heterocycles. The Morgan fingerprint density at radius 1 is 1.10 bits per heavy atom. The van der Waals surface area contributed by atoms with Gasteiger partial charge in [0.15, 0.2) is 0 Å². The first-order valence-corrected chi connectivity index (χ1v) is 11.0. The Labute approximate surface area is 184 Å². The summed E-state index contributed by atoms with van der Waals surface area (Å²) in [6, 6.07) is 17.2. The zero-order chi connectivity index (χ0) is 21.6. The van der Waals surface area contributed by atoms with Crippen LogP contribution in [0.15, 0.2) is 59.5 Å². The molecule has 2 aliphatic rings. The van der Waals surface area contributed by atoms with E-state index in [1.54, 1.807) is 6.08 Å². The van der Waals surface area contributed by atoms with Crippen LogP contribution in [-0.2, 0) is 11.3 Å². The predicted octanol–water partition coefficient (Wildman–Crippen LogP) is 3.76. The smallest absolute Gasteiger partial charge is 0.317 e. The molecule has 160 valence electrons. The van der Waals surface area contributed by atoms with Gasteiger partial charge in [0.05, 0.1) is 4.91 Å². The Kier molecular flexibility index (Phi) is 6.57. The Hall–Kier alpha value is -3.26. The number of nitrogens with one attached hydrogen (secondary N) is 2. The van der Waals surface area contributed by atoms with Crippen molar-refractivity contribution in [3.8, 4) is 5.75 Å². The molecule has 4 amide bonds. The van der Waals surface area contributed by atoms with Crippen molar-refractivity contribution in [1.29, 1.82) is 0 Å². The highest BCUT2D eigenvalue weighted by atomic mass is 32.2. The van der Waals surface area contributed by atoms with Crippen LogP contribution in [0.2, 0.25) is 0 Å². The van der Waals surface area contributed by atoms with Gasteiger partial charge in [-0.05, 0) is 41.1 Å². The lowest BCUT2D eigenvalue weighted by atomic mass is 10.1. The summed E-state index contributed by atoms with van der Waals surface area (Å²) in [6.45, 7) is 1.82. The average Bonchev–Trinajstić information content (AvgIpc) is 3.11. The summed E-state index contributed by atoms with van der Waals surface area (Å²) in [6.07, 6.45) is 3.27. The summed E-state index contributed by atoms with van der Waals surface area (Å²) in [7, 11) is 0. The van der Waals surface area contributed by atoms with Crippen molar-refractivity contribution in [2.24, 2.45) is 0 Å². The number of ether oxygens (including phenoxy) is 1. The van der Waals surface area contributed by atoms with Gasteiger partial charge in [-0.3, -0.25) is 14.9 Å². The van der Waals surface area contributed by atoms with Gasteiger partial charge >= 0.3 is 6.03 Å². The molecule has 0 spiro atoms. The number of rotatable bonds is 5. The number of piperidine rings is 1. The third kappa shape index (κ3) is 5.67. The molecule has 2 N–H and O–H groups in total. The summed E-state index contributed by atoms with van der Waals surface area (Å²) in [4.78, 5) is 37.5. The molecule has 0 bridgehead atoms. The van der Waals surface area contributed by atoms with Crippen molar-refractivity contribution in [1.82, 2.24) is 15.5 Å². The topological polar surface area (TPSA) is 87.7 Å². The zero-order valence-corrected chi connectivity index (χ0v) is 17.7. The van der Waals surface area contributed by atoms with E-state index in [4.69, 9.17) is 4.74 Å². The first-order valence-electron chi connectivity index (χ1n) is 10.1. The van der Waals surface area contributed by atoms with E-state index in [0.29, 0.717) is 24.5 Å². The minimum Gasteiger partial charge on any atom is -0.490 e. The van der Waals surface area contributed by atoms with Gasteiger partial charge in [0.1, 0.15) is 11.9 Å². The number of likely N-dealkylation sites (tertiary alicyclic amines) is 1. The summed E-state index contributed by atoms with van der Waals surface area (Å²) >= 11 is 0.899. The maximum Gasteiger partial charge on any atom is 0.317 e. The second-order valence-electron chi connectivity index (χ2n) is 7.37. The van der Waals surface area contributed by atoms with Crippen molar-refractivity contribution in [3.63, 3.8) is 0 Å². The predicted molar refractivity (Wildman–Crippen MR) is 119 cm³/mol. The van der Waals surface area contributed by atoms with Gasteiger partial charge in [0.2, 0.25) is 0 Å². The number of urea groups is 1. The Balaban J connectivity index is 1.23. The van der Waals surface area contributed by atoms with Crippen LogP contribution in [0.3, 0.4) is 0 Å². The number of nitrogens with zero attached hydrogens (tertiary/aromatic N) is 1. The van der Waals surface area contributed by atoms with Gasteiger partial charge in [0.25, 0.3) is 11.1 Å². The van der Waals surface area contributed by atoms with E-state index >= 15 is 0 Å². The molecule has 4 rings (SSSR count). The van der Waals surface area contributed by atoms with Crippen LogP contribution in [0.4, 0.5) is 9.59 Å². The quantitative estimate of drug-likeness (QED) is 0.696. The van der Waals surface area contributed by atoms with E-state index in [1.165, 1.54) is 0 Å². The molecular weight excluding hydrogens is 414 g/mol. The second-order valence-corrected chi connectivity index (χ2v) is 8.38. The van der Waals surface area contributed by atoms with Crippen LogP contribution in [0.5, 0.6) is 5.75 Å². The Morgan fingerprint density at radius 2 is 1.81 bits per heavy atom. The van der Waals surface area contributed by atoms with E-state index in [9.17, 15) is 14.4 Å². The summed E-state index contributed by atoms with van der Waals surface area (Å²) in [5.41, 5.74) is 1.90. The minimum absolute atomic E-state index is 0.0491. The number of benzene rings is 2. The normalized spacial score (nSPS) is 18.2. The highest BCUT2D eigenvalue weighted by molar-refractivity contribution is 8.18. The molecule has 8 heteroatoms. The molecule has 2 aromatic carbocycles. The summed E-state index contributed by atoms with van der Waals surface area (Å²) in [5, 5.41) is 4.85. The van der Waals surface area contributed by atoms with Crippen LogP contribution < -0.4 is 15.4 Å². The number of amides is 4. The fourth-order valence-corrected chi connectivity index (χ4v) is 4.15. The number of carbonyl (C=O) groups is 3. The lowest BCUT2D eigenvalue weighted by Gasteiger charge is -2.32. The molecular formula is C23H23N3O4S. The van der Waals surface area contributed by atoms with Gasteiger partial charge in [-0.2, -0.15) is 0 Å². The van der Waals surface area contributed by atoms with Crippen molar-refractivity contribution >= 4 is 35.0 Å². The lowest BCUT2D eigenvalue weighted by Crippen LogP contribution is -2.46. The fraction of sp³-hybridized carbons (Fsp3) is 0.261. The van der Waals surface area contributed by atoms with Crippen LogP contribution in [0.1, 0.15) is 24.0 Å². The number of carbonyl (C=O) groups excluding carboxylic acids is 3. The van der Waals surface area contributed by atoms with E-state index in [2.05, 4.69) is 10.6 Å². The van der Waals surface area contributed by atoms with Crippen molar-refractivity contribution < 1.29 is 19.1 Å². The van der Waals surface area contributed by atoms with Crippen LogP contribution in [0, 0.1) is 0 Å². The molecule has 0 aromatic heterocycles. The van der Waals surface area contributed by atoms with E-state index in [1.807, 2.05) is 59.5 Å². The average molecular weight is 438 g/mol. The Morgan fingerprint density at radius 3 is 2.45 bits per heavy atom. The largest absolute Gasteiger partial charge is 0.490 e. The van der Waals surface area contributed by atoms with Gasteiger partial charge in [-0.25, -0.2) is 4.79 Å². The van der Waals surface area contributed by atoms with Crippen molar-refractivity contribution in [2.45, 2.75) is 25.5 Å². The van der Waals surface area contributed by atoms with Crippen molar-refractivity contribution in [3.05, 3.63) is 70.6 Å². The molecule has 0 atom stereocenters. The molecule has 2 aromatic rings. The highest BCUT2D eigenvalue weighted by Gasteiger charge is 2.25. The molecule has 2 aliphatic heterocycles. The molecule has 0 saturated carbocycles. The minimum atomic E-state index is -0.366. The van der Waals surface area contributed by atoms with Gasteiger partial charge in [-0.15, -0.1) is 0 Å². The van der Waals surface area contributed by atoms with Crippen molar-refractivity contribution in [2.75, 3.05) is 13.1 Å². The third-order valence-electron chi connectivity index (χ3n) is 5.14. The van der Waals surface area contributed by atoms with E-state index in [0.717, 1.165) is 41.5 Å². The SMILES string of the molecule is O=C1NC(=O)/C(=C\c2ccc(OC3CCN(C(=O)NCc4ccccc4)CC3)cc2)S1. The molecule has 31 heavy (non-hydrogen) atoms. The maximum atomic E-state index is 12.4. The molecule has 2 fully saturated rings. The number of imide groups is 1. The molecule has 0 aliphatic carbocycles. The first-order chi connectivity index (χ1) is 15.1. The van der Waals surface area contributed by atoms with E-state index < -0.39 is 0 Å². The number of hydrogen-bond donors (Lipinski definition) is 2. The maximum absolute atomic E-state index is 12.4. The highest BCUT2D eigenvalue weighted by Crippen LogP contribution is 2.26. The fourth-order valence-electron chi connectivity index (χ4n) is 3.47. The van der Waals surface area contributed by atoms with Gasteiger partial charge < -0.3 is 15.0 Å². The monoisotopic (exact) mass is 437 g/mol. The van der Waals surface area contributed by atoms with Gasteiger partial charge in [0, 0.05) is 32.5 Å². The third-order valence-corrected chi connectivity index (χ3v) is 5.95. The van der Waals surface area contributed by atoms with Crippen LogP contribution >= 0.6 is 11.8 Å². The lowest BCUT2D eigenvalue weighted by molar-refractivity contribution is -0.115. The van der Waals surface area contributed by atoms with Crippen LogP contribution in [-0.4, -0.2) is 41.3 Å². The number of hydrogen-bond acceptors (Lipinski definition) is 5. The molecule has 2 saturated heterocycles. The summed E-state index contributed by atoms with van der Waals surface area (Å²) < 4.78 is 6.06. The Bertz CT molecular complexity index is 984. The molecule has 7 nitrogen and oxygen atoms in total. The first kappa shape index (κ1) is 21.0. The number of thioether (sulfide) groups is 1. The van der Waals surface area contributed by atoms with Gasteiger partial charge in [-0.1, -0.05) is 42.5 Å². The summed E-state index contributed by atoms with van der Waals surface area (Å²) in [5.74, 6) is 0.378. The molecule has 0 radical (unpaired) electrons. The molecule has 0 unspecified atom stereocenters.